The standard InChI is InChI=1S/C19H20N2O4S/c1-2-14(22)11-6-8-12(9-7-11)25-10-16(23)21-19-17(18(20)24)13-4-3-5-15(13)26-19/h6-9H,2-5,10H2,1H3,(H2,20,24)(H,21,23). The van der Waals surface area contributed by atoms with E-state index >= 15 is 0 Å². The Morgan fingerprint density at radius 2 is 1.92 bits per heavy atom. The third-order valence-electron chi connectivity index (χ3n) is 4.29. The Balaban J connectivity index is 1.61. The first-order valence-electron chi connectivity index (χ1n) is 8.49. The molecule has 2 aromatic rings. The summed E-state index contributed by atoms with van der Waals surface area (Å²) in [7, 11) is 0. The fraction of sp³-hybridized carbons (Fsp3) is 0.316. The van der Waals surface area contributed by atoms with Gasteiger partial charge in [0.1, 0.15) is 10.8 Å². The fourth-order valence-corrected chi connectivity index (χ4v) is 4.32. The van der Waals surface area contributed by atoms with Gasteiger partial charge in [0.2, 0.25) is 0 Å². The molecule has 0 atom stereocenters. The lowest BCUT2D eigenvalue weighted by molar-refractivity contribution is -0.118. The van der Waals surface area contributed by atoms with Crippen LogP contribution < -0.4 is 15.8 Å². The Bertz CT molecular complexity index is 855. The molecule has 7 heteroatoms. The van der Waals surface area contributed by atoms with Crippen molar-refractivity contribution in [3.8, 4) is 5.75 Å². The molecular formula is C19H20N2O4S. The second-order valence-corrected chi connectivity index (χ2v) is 7.17. The summed E-state index contributed by atoms with van der Waals surface area (Å²) in [6.45, 7) is 1.61. The predicted molar refractivity (Wildman–Crippen MR) is 100 cm³/mol. The zero-order chi connectivity index (χ0) is 18.7. The van der Waals surface area contributed by atoms with Crippen LogP contribution in [0.25, 0.3) is 0 Å². The molecule has 1 aliphatic carbocycles. The van der Waals surface area contributed by atoms with Gasteiger partial charge < -0.3 is 15.8 Å². The summed E-state index contributed by atoms with van der Waals surface area (Å²) in [6.07, 6.45) is 3.18. The number of ether oxygens (including phenoxy) is 1. The normalized spacial score (nSPS) is 12.5. The molecular weight excluding hydrogens is 352 g/mol. The summed E-state index contributed by atoms with van der Waals surface area (Å²) in [5.74, 6) is -0.325. The molecule has 136 valence electrons. The number of thiophene rings is 1. The van der Waals surface area contributed by atoms with Crippen molar-refractivity contribution in [3.63, 3.8) is 0 Å². The number of ketones is 1. The van der Waals surface area contributed by atoms with Crippen molar-refractivity contribution in [1.82, 2.24) is 0 Å². The number of carbonyl (C=O) groups is 3. The van der Waals surface area contributed by atoms with Crippen molar-refractivity contribution in [1.29, 1.82) is 0 Å². The molecule has 6 nitrogen and oxygen atoms in total. The van der Waals surface area contributed by atoms with Crippen molar-refractivity contribution < 1.29 is 19.1 Å². The van der Waals surface area contributed by atoms with Crippen molar-refractivity contribution >= 4 is 33.9 Å². The molecule has 0 saturated heterocycles. The molecule has 1 aliphatic rings. The number of aryl methyl sites for hydroxylation is 1. The van der Waals surface area contributed by atoms with E-state index in [2.05, 4.69) is 5.32 Å². The number of hydrogen-bond acceptors (Lipinski definition) is 5. The second-order valence-electron chi connectivity index (χ2n) is 6.06. The maximum atomic E-state index is 12.2. The molecule has 0 aliphatic heterocycles. The molecule has 0 radical (unpaired) electrons. The smallest absolute Gasteiger partial charge is 0.262 e. The highest BCUT2D eigenvalue weighted by Crippen LogP contribution is 2.38. The molecule has 1 heterocycles. The molecule has 26 heavy (non-hydrogen) atoms. The number of carbonyl (C=O) groups excluding carboxylic acids is 3. The van der Waals surface area contributed by atoms with E-state index in [0.717, 1.165) is 29.7 Å². The molecule has 1 aromatic heterocycles. The number of hydrogen-bond donors (Lipinski definition) is 2. The van der Waals surface area contributed by atoms with Crippen molar-refractivity contribution in [2.75, 3.05) is 11.9 Å². The van der Waals surface area contributed by atoms with Gasteiger partial charge >= 0.3 is 0 Å². The zero-order valence-corrected chi connectivity index (χ0v) is 15.3. The van der Waals surface area contributed by atoms with Crippen LogP contribution in [0.3, 0.4) is 0 Å². The largest absolute Gasteiger partial charge is 0.484 e. The van der Waals surface area contributed by atoms with Gasteiger partial charge in [0.25, 0.3) is 11.8 Å². The minimum absolute atomic E-state index is 0.0546. The van der Waals surface area contributed by atoms with Crippen LogP contribution in [0.1, 0.15) is 50.9 Å². The molecule has 1 aromatic carbocycles. The van der Waals surface area contributed by atoms with Gasteiger partial charge in [0.15, 0.2) is 12.4 Å². The summed E-state index contributed by atoms with van der Waals surface area (Å²) >= 11 is 1.41. The Hall–Kier alpha value is -2.67. The van der Waals surface area contributed by atoms with Crippen LogP contribution >= 0.6 is 11.3 Å². The first kappa shape index (κ1) is 18.1. The SMILES string of the molecule is CCC(=O)c1ccc(OCC(=O)Nc2sc3c(c2C(N)=O)CCC3)cc1. The molecule has 0 unspecified atom stereocenters. The summed E-state index contributed by atoms with van der Waals surface area (Å²) in [6, 6.07) is 6.66. The average molecular weight is 372 g/mol. The van der Waals surface area contributed by atoms with E-state index in [1.165, 1.54) is 11.3 Å². The molecule has 0 bridgehead atoms. The first-order valence-corrected chi connectivity index (χ1v) is 9.31. The molecule has 0 spiro atoms. The van der Waals surface area contributed by atoms with Gasteiger partial charge in [-0.15, -0.1) is 11.3 Å². The summed E-state index contributed by atoms with van der Waals surface area (Å²) in [5.41, 5.74) is 7.49. The minimum atomic E-state index is -0.517. The summed E-state index contributed by atoms with van der Waals surface area (Å²) in [5, 5.41) is 3.23. The van der Waals surface area contributed by atoms with Gasteiger partial charge in [-0.05, 0) is 49.1 Å². The molecule has 0 fully saturated rings. The molecule has 3 rings (SSSR count). The first-order chi connectivity index (χ1) is 12.5. The van der Waals surface area contributed by atoms with Crippen LogP contribution in [0.5, 0.6) is 5.75 Å². The molecule has 2 amide bonds. The maximum absolute atomic E-state index is 12.2. The highest BCUT2D eigenvalue weighted by Gasteiger charge is 2.26. The third kappa shape index (κ3) is 3.77. The van der Waals surface area contributed by atoms with Crippen LogP contribution in [0.2, 0.25) is 0 Å². The Kier molecular flexibility index (Phi) is 5.37. The zero-order valence-electron chi connectivity index (χ0n) is 14.5. The van der Waals surface area contributed by atoms with Crippen LogP contribution in [0.15, 0.2) is 24.3 Å². The van der Waals surface area contributed by atoms with Crippen LogP contribution in [-0.4, -0.2) is 24.2 Å². The number of anilines is 1. The van der Waals surface area contributed by atoms with E-state index < -0.39 is 5.91 Å². The van der Waals surface area contributed by atoms with Crippen LogP contribution in [-0.2, 0) is 17.6 Å². The number of fused-ring (bicyclic) bond motifs is 1. The number of Topliss-reactive ketones (excluding diaryl/α,β-unsaturated/α-hetero) is 1. The Labute approximate surface area is 155 Å². The quantitative estimate of drug-likeness (QED) is 0.730. The predicted octanol–water partition coefficient (Wildman–Crippen LogP) is 2.95. The molecule has 3 N–H and O–H groups in total. The van der Waals surface area contributed by atoms with Crippen LogP contribution in [0.4, 0.5) is 5.00 Å². The average Bonchev–Trinajstić information content (AvgIpc) is 3.20. The van der Waals surface area contributed by atoms with E-state index in [9.17, 15) is 14.4 Å². The highest BCUT2D eigenvalue weighted by molar-refractivity contribution is 7.17. The van der Waals surface area contributed by atoms with E-state index in [1.54, 1.807) is 31.2 Å². The van der Waals surface area contributed by atoms with Gasteiger partial charge in [0, 0.05) is 16.9 Å². The van der Waals surface area contributed by atoms with Crippen LogP contribution in [0, 0.1) is 0 Å². The number of benzene rings is 1. The van der Waals surface area contributed by atoms with Crippen molar-refractivity contribution in [3.05, 3.63) is 45.8 Å². The summed E-state index contributed by atoms with van der Waals surface area (Å²) in [4.78, 5) is 36.6. The highest BCUT2D eigenvalue weighted by atomic mass is 32.1. The van der Waals surface area contributed by atoms with E-state index in [1.807, 2.05) is 0 Å². The number of rotatable bonds is 7. The van der Waals surface area contributed by atoms with Crippen molar-refractivity contribution in [2.45, 2.75) is 32.6 Å². The third-order valence-corrected chi connectivity index (χ3v) is 5.50. The second kappa shape index (κ2) is 7.70. The fourth-order valence-electron chi connectivity index (χ4n) is 3.01. The lowest BCUT2D eigenvalue weighted by atomic mass is 10.1. The van der Waals surface area contributed by atoms with E-state index in [0.29, 0.717) is 28.3 Å². The van der Waals surface area contributed by atoms with Gasteiger partial charge in [-0.1, -0.05) is 6.92 Å². The van der Waals surface area contributed by atoms with E-state index in [4.69, 9.17) is 10.5 Å². The van der Waals surface area contributed by atoms with Gasteiger partial charge in [-0.3, -0.25) is 14.4 Å². The van der Waals surface area contributed by atoms with Gasteiger partial charge in [-0.25, -0.2) is 0 Å². The topological polar surface area (TPSA) is 98.5 Å². The number of primary amides is 1. The summed E-state index contributed by atoms with van der Waals surface area (Å²) < 4.78 is 5.45. The molecule has 0 saturated carbocycles. The van der Waals surface area contributed by atoms with Gasteiger partial charge in [-0.2, -0.15) is 0 Å². The lowest BCUT2D eigenvalue weighted by Gasteiger charge is -2.08. The van der Waals surface area contributed by atoms with E-state index in [-0.39, 0.29) is 18.3 Å². The van der Waals surface area contributed by atoms with Crippen molar-refractivity contribution in [2.24, 2.45) is 5.73 Å². The number of nitrogens with one attached hydrogen (secondary N) is 1. The Morgan fingerprint density at radius 1 is 1.19 bits per heavy atom. The number of nitrogens with two attached hydrogens (primary N) is 1. The number of amides is 2. The van der Waals surface area contributed by atoms with Gasteiger partial charge in [0.05, 0.1) is 5.56 Å². The Morgan fingerprint density at radius 3 is 2.58 bits per heavy atom. The maximum Gasteiger partial charge on any atom is 0.262 e. The lowest BCUT2D eigenvalue weighted by Crippen LogP contribution is -2.22. The minimum Gasteiger partial charge on any atom is -0.484 e. The monoisotopic (exact) mass is 372 g/mol.